The summed E-state index contributed by atoms with van der Waals surface area (Å²) < 4.78 is 0. The molecule has 1 aliphatic rings. The standard InChI is InChI=1S/C13H21N3/c1-9-4-3-5-11(6-9)12(14)13-15-7-10(2)8-16-13/h7-9,11-12H,3-6,14H2,1-2H3. The van der Waals surface area contributed by atoms with E-state index in [9.17, 15) is 0 Å². The smallest absolute Gasteiger partial charge is 0.145 e. The number of nitrogens with two attached hydrogens (primary N) is 1. The Morgan fingerprint density at radius 3 is 2.62 bits per heavy atom. The van der Waals surface area contributed by atoms with E-state index in [1.54, 1.807) is 0 Å². The summed E-state index contributed by atoms with van der Waals surface area (Å²) in [5.74, 6) is 2.17. The molecule has 1 aromatic rings. The van der Waals surface area contributed by atoms with Gasteiger partial charge in [-0.25, -0.2) is 9.97 Å². The Morgan fingerprint density at radius 2 is 2.00 bits per heavy atom. The Hall–Kier alpha value is -0.960. The Labute approximate surface area is 97.5 Å². The van der Waals surface area contributed by atoms with Crippen molar-refractivity contribution in [2.75, 3.05) is 0 Å². The average molecular weight is 219 g/mol. The fourth-order valence-electron chi connectivity index (χ4n) is 2.59. The Kier molecular flexibility index (Phi) is 3.54. The first-order chi connectivity index (χ1) is 7.66. The molecule has 0 saturated heterocycles. The highest BCUT2D eigenvalue weighted by Gasteiger charge is 2.26. The van der Waals surface area contributed by atoms with Gasteiger partial charge in [0.15, 0.2) is 0 Å². The molecular formula is C13H21N3. The van der Waals surface area contributed by atoms with Crippen molar-refractivity contribution in [1.29, 1.82) is 0 Å². The van der Waals surface area contributed by atoms with E-state index in [1.807, 2.05) is 19.3 Å². The van der Waals surface area contributed by atoms with Crippen molar-refractivity contribution < 1.29 is 0 Å². The quantitative estimate of drug-likeness (QED) is 0.831. The lowest BCUT2D eigenvalue weighted by Gasteiger charge is -2.30. The molecule has 3 unspecified atom stereocenters. The largest absolute Gasteiger partial charge is 0.321 e. The topological polar surface area (TPSA) is 51.8 Å². The van der Waals surface area contributed by atoms with Crippen molar-refractivity contribution >= 4 is 0 Å². The van der Waals surface area contributed by atoms with Crippen LogP contribution in [-0.2, 0) is 0 Å². The number of nitrogens with zero attached hydrogens (tertiary/aromatic N) is 2. The van der Waals surface area contributed by atoms with Crippen LogP contribution in [0.2, 0.25) is 0 Å². The van der Waals surface area contributed by atoms with E-state index >= 15 is 0 Å². The van der Waals surface area contributed by atoms with Crippen LogP contribution < -0.4 is 5.73 Å². The van der Waals surface area contributed by atoms with E-state index < -0.39 is 0 Å². The second-order valence-electron chi connectivity index (χ2n) is 5.18. The van der Waals surface area contributed by atoms with Gasteiger partial charge in [-0.15, -0.1) is 0 Å². The summed E-state index contributed by atoms with van der Waals surface area (Å²) >= 11 is 0. The molecule has 0 bridgehead atoms. The number of aromatic nitrogens is 2. The molecule has 1 heterocycles. The first kappa shape index (κ1) is 11.5. The highest BCUT2D eigenvalue weighted by molar-refractivity contribution is 5.05. The van der Waals surface area contributed by atoms with Crippen LogP contribution in [0.5, 0.6) is 0 Å². The summed E-state index contributed by atoms with van der Waals surface area (Å²) in [5, 5.41) is 0. The molecule has 0 radical (unpaired) electrons. The van der Waals surface area contributed by atoms with Crippen molar-refractivity contribution in [2.45, 2.75) is 45.6 Å². The van der Waals surface area contributed by atoms with Gasteiger partial charge < -0.3 is 5.73 Å². The highest BCUT2D eigenvalue weighted by Crippen LogP contribution is 2.34. The van der Waals surface area contributed by atoms with Crippen molar-refractivity contribution in [1.82, 2.24) is 9.97 Å². The maximum Gasteiger partial charge on any atom is 0.145 e. The van der Waals surface area contributed by atoms with Gasteiger partial charge in [-0.2, -0.15) is 0 Å². The summed E-state index contributed by atoms with van der Waals surface area (Å²) in [5.41, 5.74) is 7.35. The zero-order valence-corrected chi connectivity index (χ0v) is 10.2. The van der Waals surface area contributed by atoms with Gasteiger partial charge in [-0.1, -0.05) is 19.8 Å². The van der Waals surface area contributed by atoms with Crippen LogP contribution in [0.1, 0.15) is 50.0 Å². The van der Waals surface area contributed by atoms with Crippen molar-refractivity contribution in [3.8, 4) is 0 Å². The van der Waals surface area contributed by atoms with Gasteiger partial charge in [-0.05, 0) is 37.2 Å². The third-order valence-electron chi connectivity index (χ3n) is 3.58. The van der Waals surface area contributed by atoms with E-state index in [4.69, 9.17) is 5.73 Å². The molecular weight excluding hydrogens is 198 g/mol. The molecule has 0 aromatic carbocycles. The third kappa shape index (κ3) is 2.59. The van der Waals surface area contributed by atoms with Gasteiger partial charge >= 0.3 is 0 Å². The minimum atomic E-state index is 0.0170. The van der Waals surface area contributed by atoms with Gasteiger partial charge in [0.05, 0.1) is 6.04 Å². The molecule has 2 N–H and O–H groups in total. The minimum Gasteiger partial charge on any atom is -0.321 e. The second kappa shape index (κ2) is 4.91. The zero-order chi connectivity index (χ0) is 11.5. The lowest BCUT2D eigenvalue weighted by atomic mass is 9.78. The molecule has 3 heteroatoms. The van der Waals surface area contributed by atoms with E-state index in [0.29, 0.717) is 5.92 Å². The minimum absolute atomic E-state index is 0.0170. The molecule has 1 saturated carbocycles. The normalized spacial score (nSPS) is 27.7. The van der Waals surface area contributed by atoms with Crippen LogP contribution in [0, 0.1) is 18.8 Å². The number of hydrogen-bond acceptors (Lipinski definition) is 3. The summed E-state index contributed by atoms with van der Waals surface area (Å²) in [6.07, 6.45) is 8.80. The molecule has 0 aliphatic heterocycles. The number of hydrogen-bond donors (Lipinski definition) is 1. The van der Waals surface area contributed by atoms with Crippen LogP contribution in [-0.4, -0.2) is 9.97 Å². The maximum absolute atomic E-state index is 6.26. The first-order valence-corrected chi connectivity index (χ1v) is 6.21. The van der Waals surface area contributed by atoms with Crippen molar-refractivity contribution in [3.63, 3.8) is 0 Å². The molecule has 1 fully saturated rings. The highest BCUT2D eigenvalue weighted by atomic mass is 14.9. The molecule has 1 aromatic heterocycles. The molecule has 1 aliphatic carbocycles. The van der Waals surface area contributed by atoms with Crippen molar-refractivity contribution in [3.05, 3.63) is 23.8 Å². The van der Waals surface area contributed by atoms with Gasteiger partial charge in [0.25, 0.3) is 0 Å². The zero-order valence-electron chi connectivity index (χ0n) is 10.2. The fourth-order valence-corrected chi connectivity index (χ4v) is 2.59. The molecule has 2 rings (SSSR count). The van der Waals surface area contributed by atoms with Gasteiger partial charge in [0, 0.05) is 12.4 Å². The van der Waals surface area contributed by atoms with Gasteiger partial charge in [0.2, 0.25) is 0 Å². The molecule has 0 spiro atoms. The van der Waals surface area contributed by atoms with Gasteiger partial charge in [-0.3, -0.25) is 0 Å². The van der Waals surface area contributed by atoms with E-state index in [-0.39, 0.29) is 6.04 Å². The van der Waals surface area contributed by atoms with E-state index in [2.05, 4.69) is 16.9 Å². The average Bonchev–Trinajstić information content (AvgIpc) is 2.29. The van der Waals surface area contributed by atoms with Crippen LogP contribution in [0.3, 0.4) is 0 Å². The predicted molar refractivity (Wildman–Crippen MR) is 64.8 cm³/mol. The molecule has 3 nitrogen and oxygen atoms in total. The van der Waals surface area contributed by atoms with Crippen LogP contribution in [0.25, 0.3) is 0 Å². The van der Waals surface area contributed by atoms with Gasteiger partial charge in [0.1, 0.15) is 5.82 Å². The Balaban J connectivity index is 2.06. The van der Waals surface area contributed by atoms with E-state index in [1.165, 1.54) is 25.7 Å². The predicted octanol–water partition coefficient (Wildman–Crippen LogP) is 2.61. The van der Waals surface area contributed by atoms with Crippen molar-refractivity contribution in [2.24, 2.45) is 17.6 Å². The lowest BCUT2D eigenvalue weighted by Crippen LogP contribution is -2.27. The SMILES string of the molecule is Cc1cnc(C(N)C2CCCC(C)C2)nc1. The summed E-state index contributed by atoms with van der Waals surface area (Å²) in [7, 11) is 0. The molecule has 3 atom stereocenters. The summed E-state index contributed by atoms with van der Waals surface area (Å²) in [4.78, 5) is 8.68. The lowest BCUT2D eigenvalue weighted by molar-refractivity contribution is 0.243. The van der Waals surface area contributed by atoms with E-state index in [0.717, 1.165) is 17.3 Å². The summed E-state index contributed by atoms with van der Waals surface area (Å²) in [6, 6.07) is 0.0170. The molecule has 0 amide bonds. The Bertz CT molecular complexity index is 334. The monoisotopic (exact) mass is 219 g/mol. The molecule has 16 heavy (non-hydrogen) atoms. The maximum atomic E-state index is 6.26. The Morgan fingerprint density at radius 1 is 1.31 bits per heavy atom. The fraction of sp³-hybridized carbons (Fsp3) is 0.692. The molecule has 88 valence electrons. The summed E-state index contributed by atoms with van der Waals surface area (Å²) in [6.45, 7) is 4.31. The number of aryl methyl sites for hydroxylation is 1. The van der Waals surface area contributed by atoms with Crippen LogP contribution >= 0.6 is 0 Å². The van der Waals surface area contributed by atoms with Crippen LogP contribution in [0.4, 0.5) is 0 Å². The first-order valence-electron chi connectivity index (χ1n) is 6.21. The second-order valence-corrected chi connectivity index (χ2v) is 5.18. The van der Waals surface area contributed by atoms with Crippen LogP contribution in [0.15, 0.2) is 12.4 Å². The number of rotatable bonds is 2. The third-order valence-corrected chi connectivity index (χ3v) is 3.58.